The van der Waals surface area contributed by atoms with E-state index in [9.17, 15) is 0 Å². The quantitative estimate of drug-likeness (QED) is 0.781. The van der Waals surface area contributed by atoms with Gasteiger partial charge in [-0.2, -0.15) is 0 Å². The fourth-order valence-electron chi connectivity index (χ4n) is 2.65. The predicted octanol–water partition coefficient (Wildman–Crippen LogP) is 3.46. The maximum absolute atomic E-state index is 5.89. The highest BCUT2D eigenvalue weighted by atomic mass is 16.5. The lowest BCUT2D eigenvalue weighted by molar-refractivity contribution is 0.138. The molecule has 18 heavy (non-hydrogen) atoms. The van der Waals surface area contributed by atoms with Gasteiger partial charge in [-0.1, -0.05) is 25.0 Å². The molecule has 2 nitrogen and oxygen atoms in total. The van der Waals surface area contributed by atoms with E-state index in [-0.39, 0.29) is 5.60 Å². The molecule has 0 aliphatic carbocycles. The normalized spacial score (nSPS) is 16.4. The molecule has 0 radical (unpaired) electrons. The standard InChI is InChI=1S/C16H25NO/c1-16(2)12-14-11-13(8-9-15(14)18-16)7-5-3-4-6-10-17/h8-9,11H,3-7,10,12,17H2,1-2H3. The van der Waals surface area contributed by atoms with Gasteiger partial charge in [-0.3, -0.25) is 0 Å². The second-order valence-corrected chi connectivity index (χ2v) is 5.93. The molecule has 0 bridgehead atoms. The summed E-state index contributed by atoms with van der Waals surface area (Å²) in [6, 6.07) is 6.68. The molecular formula is C16H25NO. The van der Waals surface area contributed by atoms with Crippen LogP contribution in [0.15, 0.2) is 18.2 Å². The summed E-state index contributed by atoms with van der Waals surface area (Å²) in [5.74, 6) is 1.08. The van der Waals surface area contributed by atoms with Gasteiger partial charge in [-0.05, 0) is 56.8 Å². The Morgan fingerprint density at radius 2 is 1.94 bits per heavy atom. The van der Waals surface area contributed by atoms with Crippen LogP contribution < -0.4 is 10.5 Å². The Morgan fingerprint density at radius 1 is 1.17 bits per heavy atom. The van der Waals surface area contributed by atoms with E-state index in [1.54, 1.807) is 0 Å². The molecule has 0 saturated heterocycles. The Morgan fingerprint density at radius 3 is 2.72 bits per heavy atom. The van der Waals surface area contributed by atoms with Crippen LogP contribution >= 0.6 is 0 Å². The van der Waals surface area contributed by atoms with Crippen molar-refractivity contribution >= 4 is 0 Å². The first kappa shape index (κ1) is 13.4. The number of ether oxygens (including phenoxy) is 1. The number of hydrogen-bond donors (Lipinski definition) is 1. The first-order valence-corrected chi connectivity index (χ1v) is 7.12. The molecule has 0 aromatic heterocycles. The third kappa shape index (κ3) is 3.49. The number of hydrogen-bond acceptors (Lipinski definition) is 2. The smallest absolute Gasteiger partial charge is 0.123 e. The Balaban J connectivity index is 1.85. The molecule has 0 saturated carbocycles. The summed E-state index contributed by atoms with van der Waals surface area (Å²) in [7, 11) is 0. The lowest BCUT2D eigenvalue weighted by Gasteiger charge is -2.16. The van der Waals surface area contributed by atoms with Gasteiger partial charge in [-0.15, -0.1) is 0 Å². The summed E-state index contributed by atoms with van der Waals surface area (Å²) in [5, 5.41) is 0. The third-order valence-electron chi connectivity index (χ3n) is 3.55. The largest absolute Gasteiger partial charge is 0.487 e. The SMILES string of the molecule is CC1(C)Cc2cc(CCCCCCN)ccc2O1. The van der Waals surface area contributed by atoms with E-state index in [4.69, 9.17) is 10.5 Å². The van der Waals surface area contributed by atoms with Crippen molar-refractivity contribution in [2.75, 3.05) is 6.54 Å². The highest BCUT2D eigenvalue weighted by Crippen LogP contribution is 2.35. The van der Waals surface area contributed by atoms with Crippen molar-refractivity contribution < 1.29 is 4.74 Å². The molecule has 0 fully saturated rings. The van der Waals surface area contributed by atoms with E-state index in [1.165, 1.54) is 36.8 Å². The van der Waals surface area contributed by atoms with Crippen LogP contribution in [0.5, 0.6) is 5.75 Å². The molecule has 1 aliphatic heterocycles. The van der Waals surface area contributed by atoms with E-state index in [1.807, 2.05) is 0 Å². The average molecular weight is 247 g/mol. The number of fused-ring (bicyclic) bond motifs is 1. The number of unbranched alkanes of at least 4 members (excludes halogenated alkanes) is 3. The Kier molecular flexibility index (Phi) is 4.28. The van der Waals surface area contributed by atoms with Crippen molar-refractivity contribution in [3.05, 3.63) is 29.3 Å². The maximum Gasteiger partial charge on any atom is 0.123 e. The third-order valence-corrected chi connectivity index (χ3v) is 3.55. The molecule has 2 heteroatoms. The molecule has 0 amide bonds. The van der Waals surface area contributed by atoms with Crippen molar-refractivity contribution in [2.24, 2.45) is 5.73 Å². The minimum Gasteiger partial charge on any atom is -0.487 e. The van der Waals surface area contributed by atoms with Gasteiger partial charge in [0.25, 0.3) is 0 Å². The molecule has 2 N–H and O–H groups in total. The van der Waals surface area contributed by atoms with Gasteiger partial charge in [0.1, 0.15) is 11.4 Å². The van der Waals surface area contributed by atoms with Crippen LogP contribution in [-0.4, -0.2) is 12.1 Å². The molecule has 100 valence electrons. The van der Waals surface area contributed by atoms with Gasteiger partial charge in [-0.25, -0.2) is 0 Å². The van der Waals surface area contributed by atoms with Crippen molar-refractivity contribution in [1.29, 1.82) is 0 Å². The molecular weight excluding hydrogens is 222 g/mol. The average Bonchev–Trinajstić information content (AvgIpc) is 2.62. The molecule has 0 unspecified atom stereocenters. The van der Waals surface area contributed by atoms with Crippen LogP contribution in [0.25, 0.3) is 0 Å². The lowest BCUT2D eigenvalue weighted by Crippen LogP contribution is -2.24. The summed E-state index contributed by atoms with van der Waals surface area (Å²) in [5.41, 5.74) is 8.29. The summed E-state index contributed by atoms with van der Waals surface area (Å²) in [6.07, 6.45) is 7.19. The maximum atomic E-state index is 5.89. The summed E-state index contributed by atoms with van der Waals surface area (Å²) >= 11 is 0. The van der Waals surface area contributed by atoms with E-state index < -0.39 is 0 Å². The molecule has 2 rings (SSSR count). The summed E-state index contributed by atoms with van der Waals surface area (Å²) in [4.78, 5) is 0. The van der Waals surface area contributed by atoms with E-state index in [2.05, 4.69) is 32.0 Å². The van der Waals surface area contributed by atoms with Crippen molar-refractivity contribution in [1.82, 2.24) is 0 Å². The van der Waals surface area contributed by atoms with Crippen LogP contribution in [-0.2, 0) is 12.8 Å². The predicted molar refractivity (Wildman–Crippen MR) is 76.1 cm³/mol. The monoisotopic (exact) mass is 247 g/mol. The fraction of sp³-hybridized carbons (Fsp3) is 0.625. The zero-order valence-electron chi connectivity index (χ0n) is 11.7. The van der Waals surface area contributed by atoms with E-state index in [0.717, 1.165) is 25.1 Å². The molecule has 1 aliphatic rings. The molecule has 1 aromatic rings. The Hall–Kier alpha value is -1.02. The number of benzene rings is 1. The number of aryl methyl sites for hydroxylation is 1. The van der Waals surface area contributed by atoms with Crippen molar-refractivity contribution in [2.45, 2.75) is 58.0 Å². The van der Waals surface area contributed by atoms with Crippen molar-refractivity contribution in [3.63, 3.8) is 0 Å². The molecule has 0 spiro atoms. The summed E-state index contributed by atoms with van der Waals surface area (Å²) in [6.45, 7) is 5.13. The minimum absolute atomic E-state index is 0.0257. The minimum atomic E-state index is -0.0257. The molecule has 0 atom stereocenters. The lowest BCUT2D eigenvalue weighted by atomic mass is 9.98. The second kappa shape index (κ2) is 5.75. The first-order valence-electron chi connectivity index (χ1n) is 7.12. The van der Waals surface area contributed by atoms with E-state index in [0.29, 0.717) is 0 Å². The first-order chi connectivity index (χ1) is 8.61. The van der Waals surface area contributed by atoms with Gasteiger partial charge in [0.15, 0.2) is 0 Å². The molecule has 1 aromatic carbocycles. The summed E-state index contributed by atoms with van der Waals surface area (Å²) < 4.78 is 5.89. The van der Waals surface area contributed by atoms with Crippen LogP contribution in [0.3, 0.4) is 0 Å². The van der Waals surface area contributed by atoms with Crippen LogP contribution in [0.1, 0.15) is 50.7 Å². The highest BCUT2D eigenvalue weighted by molar-refractivity contribution is 5.41. The Labute approximate surface area is 111 Å². The van der Waals surface area contributed by atoms with Gasteiger partial charge in [0.05, 0.1) is 0 Å². The van der Waals surface area contributed by atoms with Gasteiger partial charge >= 0.3 is 0 Å². The Bertz CT molecular complexity index is 398. The van der Waals surface area contributed by atoms with Gasteiger partial charge < -0.3 is 10.5 Å². The van der Waals surface area contributed by atoms with Crippen LogP contribution in [0.2, 0.25) is 0 Å². The van der Waals surface area contributed by atoms with Crippen molar-refractivity contribution in [3.8, 4) is 5.75 Å². The zero-order valence-corrected chi connectivity index (χ0v) is 11.7. The van der Waals surface area contributed by atoms with Crippen LogP contribution in [0.4, 0.5) is 0 Å². The zero-order chi connectivity index (χ0) is 13.0. The molecule has 1 heterocycles. The second-order valence-electron chi connectivity index (χ2n) is 5.93. The van der Waals surface area contributed by atoms with Gasteiger partial charge in [0, 0.05) is 6.42 Å². The van der Waals surface area contributed by atoms with Crippen LogP contribution in [0, 0.1) is 0 Å². The topological polar surface area (TPSA) is 35.2 Å². The number of rotatable bonds is 6. The van der Waals surface area contributed by atoms with E-state index >= 15 is 0 Å². The van der Waals surface area contributed by atoms with Gasteiger partial charge in [0.2, 0.25) is 0 Å². The number of nitrogens with two attached hydrogens (primary N) is 1. The fourth-order valence-corrected chi connectivity index (χ4v) is 2.65. The highest BCUT2D eigenvalue weighted by Gasteiger charge is 2.29.